The molecule has 1 aliphatic heterocycles. The van der Waals surface area contributed by atoms with Crippen LogP contribution in [-0.2, 0) is 46.8 Å². The summed E-state index contributed by atoms with van der Waals surface area (Å²) >= 11 is 0. The number of esters is 1. The molecule has 49 heavy (non-hydrogen) atoms. The van der Waals surface area contributed by atoms with Gasteiger partial charge in [0.05, 0.1) is 31.5 Å². The van der Waals surface area contributed by atoms with Crippen LogP contribution in [0.1, 0.15) is 44.7 Å². The first-order chi connectivity index (χ1) is 22.9. The van der Waals surface area contributed by atoms with E-state index < -0.39 is 82.5 Å². The van der Waals surface area contributed by atoms with Crippen molar-refractivity contribution in [2.45, 2.75) is 57.0 Å². The molecule has 1 amide bonds. The standard InChI is InChI=1S/C33H31F8N3O5/c1-16-11-22(32(36,37)38)27(30(46)43(16)2)21-8-7-17(19-5-4-6-20(19)21)12-25(31(47)48-3)42-29(45)28-23(34)13-18(14-24(28)35)44-9-10-49-15-26(44)33(39,40)41/h7-8,11,13-14,25-26H,4-6,9-10,12,15H2,1-3H3,(H,42,45)/t25-,26+/m0/s1. The van der Waals surface area contributed by atoms with Crippen LogP contribution >= 0.6 is 0 Å². The van der Waals surface area contributed by atoms with Gasteiger partial charge < -0.3 is 24.3 Å². The third-order valence-electron chi connectivity index (χ3n) is 8.93. The van der Waals surface area contributed by atoms with Crippen LogP contribution in [0.5, 0.6) is 0 Å². The molecule has 1 N–H and O–H groups in total. The van der Waals surface area contributed by atoms with Crippen molar-refractivity contribution in [1.29, 1.82) is 0 Å². The number of hydrogen-bond acceptors (Lipinski definition) is 6. The maximum atomic E-state index is 15.2. The van der Waals surface area contributed by atoms with E-state index in [1.807, 2.05) is 0 Å². The molecule has 0 unspecified atom stereocenters. The summed E-state index contributed by atoms with van der Waals surface area (Å²) in [6, 6.07) is 1.14. The highest BCUT2D eigenvalue weighted by atomic mass is 19.4. The Hall–Kier alpha value is -4.47. The van der Waals surface area contributed by atoms with Crippen molar-refractivity contribution >= 4 is 17.6 Å². The summed E-state index contributed by atoms with van der Waals surface area (Å²) in [5, 5.41) is 2.23. The Morgan fingerprint density at radius 1 is 1.04 bits per heavy atom. The lowest BCUT2D eigenvalue weighted by Gasteiger charge is -2.38. The molecule has 8 nitrogen and oxygen atoms in total. The summed E-state index contributed by atoms with van der Waals surface area (Å²) in [5.74, 6) is -5.35. The number of pyridine rings is 1. The average molecular weight is 702 g/mol. The molecular formula is C33H31F8N3O5. The number of nitrogens with zero attached hydrogens (tertiary/aromatic N) is 2. The van der Waals surface area contributed by atoms with Gasteiger partial charge in [-0.05, 0) is 66.6 Å². The number of amides is 1. The van der Waals surface area contributed by atoms with E-state index in [1.54, 1.807) is 0 Å². The highest BCUT2D eigenvalue weighted by Crippen LogP contribution is 2.41. The van der Waals surface area contributed by atoms with Crippen molar-refractivity contribution in [3.63, 3.8) is 0 Å². The fourth-order valence-corrected chi connectivity index (χ4v) is 6.42. The zero-order valence-electron chi connectivity index (χ0n) is 26.5. The van der Waals surface area contributed by atoms with Crippen molar-refractivity contribution in [2.75, 3.05) is 31.8 Å². The van der Waals surface area contributed by atoms with Gasteiger partial charge in [-0.25, -0.2) is 13.6 Å². The second-order valence-electron chi connectivity index (χ2n) is 11.9. The smallest absolute Gasteiger partial charge is 0.417 e. The molecule has 1 saturated heterocycles. The summed E-state index contributed by atoms with van der Waals surface area (Å²) in [7, 11) is 2.37. The molecule has 0 bridgehead atoms. The van der Waals surface area contributed by atoms with Gasteiger partial charge in [0.1, 0.15) is 29.3 Å². The van der Waals surface area contributed by atoms with Crippen LogP contribution in [0, 0.1) is 18.6 Å². The summed E-state index contributed by atoms with van der Waals surface area (Å²) in [5.41, 5.74) is -2.42. The lowest BCUT2D eigenvalue weighted by molar-refractivity contribution is -0.167. The SMILES string of the molecule is COC(=O)[C@H](Cc1ccc(-c2c(C(F)(F)F)cc(C)n(C)c2=O)c2c1CCC2)NC(=O)c1c(F)cc(N2CCOC[C@@H]2C(F)(F)F)cc1F. The molecule has 1 aliphatic carbocycles. The van der Waals surface area contributed by atoms with Gasteiger partial charge in [0, 0.05) is 31.4 Å². The number of rotatable bonds is 7. The van der Waals surface area contributed by atoms with Crippen LogP contribution in [-0.4, -0.2) is 61.6 Å². The molecule has 3 aromatic rings. The summed E-state index contributed by atoms with van der Waals surface area (Å²) in [4.78, 5) is 39.8. The van der Waals surface area contributed by atoms with Crippen LogP contribution < -0.4 is 15.8 Å². The molecule has 5 rings (SSSR count). The van der Waals surface area contributed by atoms with E-state index in [0.717, 1.165) is 22.6 Å². The summed E-state index contributed by atoms with van der Waals surface area (Å²) in [6.45, 7) is 0.174. The topological polar surface area (TPSA) is 89.9 Å². The van der Waals surface area contributed by atoms with Crippen LogP contribution in [0.4, 0.5) is 40.8 Å². The maximum absolute atomic E-state index is 15.2. The highest BCUT2D eigenvalue weighted by molar-refractivity contribution is 5.97. The van der Waals surface area contributed by atoms with E-state index in [1.165, 1.54) is 26.1 Å². The van der Waals surface area contributed by atoms with Gasteiger partial charge in [0.2, 0.25) is 0 Å². The van der Waals surface area contributed by atoms with Gasteiger partial charge in [-0.1, -0.05) is 12.1 Å². The quantitative estimate of drug-likeness (QED) is 0.261. The number of benzene rings is 2. The molecule has 2 aliphatic rings. The van der Waals surface area contributed by atoms with E-state index >= 15 is 8.78 Å². The number of alkyl halides is 6. The zero-order chi connectivity index (χ0) is 36.0. The molecule has 0 radical (unpaired) electrons. The van der Waals surface area contributed by atoms with Gasteiger partial charge in [0.15, 0.2) is 0 Å². The van der Waals surface area contributed by atoms with Crippen LogP contribution in [0.3, 0.4) is 0 Å². The predicted octanol–water partition coefficient (Wildman–Crippen LogP) is 5.43. The predicted molar refractivity (Wildman–Crippen MR) is 160 cm³/mol. The number of nitrogens with one attached hydrogen (secondary N) is 1. The number of hydrogen-bond donors (Lipinski definition) is 1. The fourth-order valence-electron chi connectivity index (χ4n) is 6.42. The minimum atomic E-state index is -4.83. The van der Waals surface area contributed by atoms with Crippen molar-refractivity contribution < 1.29 is 54.2 Å². The fraction of sp³-hybridized carbons (Fsp3) is 0.424. The van der Waals surface area contributed by atoms with Crippen molar-refractivity contribution in [2.24, 2.45) is 7.05 Å². The van der Waals surface area contributed by atoms with E-state index in [-0.39, 0.29) is 30.8 Å². The van der Waals surface area contributed by atoms with Crippen LogP contribution in [0.25, 0.3) is 11.1 Å². The Labute approximate surface area is 274 Å². The Balaban J connectivity index is 1.47. The number of ether oxygens (including phenoxy) is 2. The number of halogens is 8. The minimum absolute atomic E-state index is 0.0834. The second-order valence-corrected chi connectivity index (χ2v) is 11.9. The molecule has 0 saturated carbocycles. The normalized spacial score (nSPS) is 17.1. The van der Waals surface area contributed by atoms with E-state index in [4.69, 9.17) is 9.47 Å². The van der Waals surface area contributed by atoms with Gasteiger partial charge in [-0.2, -0.15) is 26.3 Å². The van der Waals surface area contributed by atoms with Crippen LogP contribution in [0.15, 0.2) is 35.1 Å². The lowest BCUT2D eigenvalue weighted by Crippen LogP contribution is -2.53. The number of carbonyl (C=O) groups excluding carboxylic acids is 2. The molecule has 2 atom stereocenters. The number of anilines is 1. The number of aryl methyl sites for hydroxylation is 1. The summed E-state index contributed by atoms with van der Waals surface area (Å²) < 4.78 is 124. The Morgan fingerprint density at radius 2 is 1.69 bits per heavy atom. The molecule has 2 aromatic carbocycles. The lowest BCUT2D eigenvalue weighted by atomic mass is 9.89. The minimum Gasteiger partial charge on any atom is -0.467 e. The number of fused-ring (bicyclic) bond motifs is 1. The number of morpholine rings is 1. The van der Waals surface area contributed by atoms with Crippen molar-refractivity contribution in [1.82, 2.24) is 9.88 Å². The molecule has 0 spiro atoms. The zero-order valence-corrected chi connectivity index (χ0v) is 26.5. The van der Waals surface area contributed by atoms with E-state index in [0.29, 0.717) is 48.1 Å². The van der Waals surface area contributed by atoms with Gasteiger partial charge in [0.25, 0.3) is 11.5 Å². The van der Waals surface area contributed by atoms with Gasteiger partial charge in [-0.15, -0.1) is 0 Å². The number of methoxy groups -OCH3 is 1. The first-order valence-corrected chi connectivity index (χ1v) is 15.1. The third-order valence-corrected chi connectivity index (χ3v) is 8.93. The Bertz CT molecular complexity index is 1830. The Morgan fingerprint density at radius 3 is 2.31 bits per heavy atom. The molecule has 1 aromatic heterocycles. The molecular weight excluding hydrogens is 670 g/mol. The number of aromatic nitrogens is 1. The van der Waals surface area contributed by atoms with Gasteiger partial charge in [-0.3, -0.25) is 9.59 Å². The average Bonchev–Trinajstić information content (AvgIpc) is 3.53. The maximum Gasteiger partial charge on any atom is 0.417 e. The molecule has 1 fully saturated rings. The summed E-state index contributed by atoms with van der Waals surface area (Å²) in [6.07, 6.45) is -8.68. The monoisotopic (exact) mass is 701 g/mol. The number of carbonyl (C=O) groups is 2. The van der Waals surface area contributed by atoms with Crippen molar-refractivity contribution in [3.8, 4) is 11.1 Å². The molecule has 264 valence electrons. The van der Waals surface area contributed by atoms with E-state index in [2.05, 4.69) is 5.32 Å². The van der Waals surface area contributed by atoms with E-state index in [9.17, 15) is 40.7 Å². The third kappa shape index (κ3) is 7.00. The second kappa shape index (κ2) is 13.4. The van der Waals surface area contributed by atoms with Crippen LogP contribution in [0.2, 0.25) is 0 Å². The highest BCUT2D eigenvalue weighted by Gasteiger charge is 2.46. The van der Waals surface area contributed by atoms with Gasteiger partial charge >= 0.3 is 18.3 Å². The largest absolute Gasteiger partial charge is 0.467 e. The van der Waals surface area contributed by atoms with Crippen molar-refractivity contribution in [3.05, 3.63) is 85.8 Å². The first kappa shape index (κ1) is 35.8. The first-order valence-electron chi connectivity index (χ1n) is 15.1. The molecule has 2 heterocycles. The Kier molecular flexibility index (Phi) is 9.83. The molecule has 16 heteroatoms.